The van der Waals surface area contributed by atoms with Crippen LogP contribution in [0.4, 0.5) is 0 Å². The average molecular weight is 593 g/mol. The van der Waals surface area contributed by atoms with E-state index in [1.54, 1.807) is 0 Å². The second-order valence-electron chi connectivity index (χ2n) is 3.01. The summed E-state index contributed by atoms with van der Waals surface area (Å²) < 4.78 is 0. The maximum absolute atomic E-state index is 9.58. The third kappa shape index (κ3) is 1070. The third-order valence-corrected chi connectivity index (χ3v) is 0.442. The number of carboxylic acids is 1. The summed E-state index contributed by atoms with van der Waals surface area (Å²) in [5.41, 5.74) is 4.76. The minimum atomic E-state index is -0.856. The Kier molecular flexibility index (Phi) is 196. The summed E-state index contributed by atoms with van der Waals surface area (Å²) in [5, 5.41) is 31.0. The van der Waals surface area contributed by atoms with Gasteiger partial charge in [-0.25, -0.2) is 0 Å². The molecule has 0 spiro atoms. The molecule has 0 rings (SSSR count). The van der Waals surface area contributed by atoms with E-state index in [1.165, 1.54) is 13.8 Å². The number of carbonyl (C=O) groups excluding carboxylic acids is 1. The number of aliphatic carboxylic acids is 1. The zero-order chi connectivity index (χ0) is 20.3. The van der Waals surface area contributed by atoms with E-state index < -0.39 is 5.97 Å². The molecular weight excluding hydrogens is 564 g/mol. The molecule has 9 nitrogen and oxygen atoms in total. The summed E-state index contributed by atoms with van der Waals surface area (Å²) in [5.74, 6) is -0.907. The van der Waals surface area contributed by atoms with Crippen molar-refractivity contribution >= 4 is 24.7 Å². The standard InChI is InChI=1S/C3H7NO.C3H5O2.C3H6O.C3H7.2CH2O2.4Cu/c1-3(5)2-4;1-2-3(4)5;1-3(2)4;1-3-2;2*2-1-3;;;;/h5H,1-2,4H2;1-2H2,(H,4,5);1-2H3;1,3H2,2H3;2*1H,(H,2,3);;;;/q;-1;;-1;;;;;2*+1/p-1. The summed E-state index contributed by atoms with van der Waals surface area (Å²) in [7, 11) is 0. The first kappa shape index (κ1) is 63.2. The van der Waals surface area contributed by atoms with Gasteiger partial charge in [0.15, 0.2) is 0 Å². The largest absolute Gasteiger partial charge is 1.00 e. The monoisotopic (exact) mass is 590 g/mol. The fourth-order valence-electron chi connectivity index (χ4n) is 0. The normalized spacial score (nSPS) is 5.26. The van der Waals surface area contributed by atoms with Crippen molar-refractivity contribution in [1.82, 2.24) is 0 Å². The Morgan fingerprint density at radius 2 is 1.15 bits per heavy atom. The van der Waals surface area contributed by atoms with Gasteiger partial charge >= 0.3 is 34.1 Å². The molecule has 0 fully saturated rings. The molecule has 27 heavy (non-hydrogen) atoms. The van der Waals surface area contributed by atoms with Crippen molar-refractivity contribution in [2.45, 2.75) is 33.6 Å². The van der Waals surface area contributed by atoms with Crippen molar-refractivity contribution in [1.29, 1.82) is 0 Å². The fourth-order valence-corrected chi connectivity index (χ4v) is 0. The zero-order valence-electron chi connectivity index (χ0n) is 15.1. The molecule has 2 radical (unpaired) electrons. The molecule has 0 aromatic carbocycles. The van der Waals surface area contributed by atoms with Crippen LogP contribution in [0.3, 0.4) is 0 Å². The molecule has 0 aliphatic rings. The van der Waals surface area contributed by atoms with Gasteiger partial charge in [-0.2, -0.15) is 6.42 Å². The van der Waals surface area contributed by atoms with Gasteiger partial charge in [0.25, 0.3) is 18.9 Å². The van der Waals surface area contributed by atoms with Gasteiger partial charge in [-0.1, -0.05) is 13.3 Å². The first-order valence-corrected chi connectivity index (χ1v) is 6.00. The molecule has 0 heterocycles. The SMILES string of the molecule is C=C([O-])CN.CC(C)=O.O=CO.O=CO.[CH2-]CC.[CH2-]CC(=O)O.[Cu+].[Cu+].[Cu].[Cu]. The van der Waals surface area contributed by atoms with E-state index in [-0.39, 0.29) is 106 Å². The summed E-state index contributed by atoms with van der Waals surface area (Å²) in [6.07, 6.45) is 0.972. The number of hydrogen-bond acceptors (Lipinski definition) is 6. The van der Waals surface area contributed by atoms with Gasteiger partial charge in [0, 0.05) is 40.7 Å². The van der Waals surface area contributed by atoms with Crippen LogP contribution >= 0.6 is 0 Å². The van der Waals surface area contributed by atoms with E-state index in [4.69, 9.17) is 30.6 Å². The van der Waals surface area contributed by atoms with Crippen molar-refractivity contribution in [2.75, 3.05) is 6.54 Å². The molecule has 0 aromatic heterocycles. The third-order valence-electron chi connectivity index (χ3n) is 0.442. The molecule has 0 aliphatic carbocycles. The van der Waals surface area contributed by atoms with Gasteiger partial charge in [0.2, 0.25) is 0 Å². The van der Waals surface area contributed by atoms with Gasteiger partial charge in [0.05, 0.1) is 0 Å². The minimum absolute atomic E-state index is 0. The van der Waals surface area contributed by atoms with Crippen molar-refractivity contribution in [3.8, 4) is 0 Å². The molecule has 0 aliphatic heterocycles. The van der Waals surface area contributed by atoms with Crippen molar-refractivity contribution in [2.24, 2.45) is 5.73 Å². The van der Waals surface area contributed by atoms with Crippen LogP contribution in [-0.2, 0) is 87.5 Å². The summed E-state index contributed by atoms with van der Waals surface area (Å²) in [6.45, 7) is 14.2. The maximum atomic E-state index is 9.58. The van der Waals surface area contributed by atoms with Crippen LogP contribution in [-0.4, -0.2) is 46.6 Å². The molecule has 5 N–H and O–H groups in total. The smallest absolute Gasteiger partial charge is 0.875 e. The Bertz CT molecular complexity index is 260. The first-order valence-electron chi connectivity index (χ1n) is 6.00. The molecule has 0 aromatic rings. The number of carbonyl (C=O) groups is 4. The fraction of sp³-hybridized carbons (Fsp3) is 0.429. The van der Waals surface area contributed by atoms with Gasteiger partial charge in [-0.15, -0.1) is 12.3 Å². The molecule has 182 valence electrons. The van der Waals surface area contributed by atoms with Crippen LogP contribution in [0.1, 0.15) is 33.6 Å². The Balaban J connectivity index is -0.0000000158. The molecule has 0 atom stereocenters. The second-order valence-corrected chi connectivity index (χ2v) is 3.01. The predicted molar refractivity (Wildman–Crippen MR) is 85.2 cm³/mol. The number of hydrogen-bond donors (Lipinski definition) is 4. The minimum Gasteiger partial charge on any atom is -0.875 e. The predicted octanol–water partition coefficient (Wildman–Crippen LogP) is 0.332. The van der Waals surface area contributed by atoms with Crippen LogP contribution in [0.15, 0.2) is 12.3 Å². The van der Waals surface area contributed by atoms with Crippen molar-refractivity contribution in [3.63, 3.8) is 0 Å². The Labute approximate surface area is 203 Å². The van der Waals surface area contributed by atoms with Crippen LogP contribution in [0.2, 0.25) is 0 Å². The van der Waals surface area contributed by atoms with Gasteiger partial charge in [0.1, 0.15) is 5.78 Å². The van der Waals surface area contributed by atoms with Crippen LogP contribution < -0.4 is 10.8 Å². The Hall–Kier alpha value is -0.342. The summed E-state index contributed by atoms with van der Waals surface area (Å²) in [4.78, 5) is 35.5. The van der Waals surface area contributed by atoms with Crippen LogP contribution in [0, 0.1) is 13.8 Å². The molecular formula is C14H28Cu4NO8-. The maximum Gasteiger partial charge on any atom is 1.00 e. The average Bonchev–Trinajstić information content (AvgIpc) is 2.41. The molecule has 13 heteroatoms. The van der Waals surface area contributed by atoms with Gasteiger partial charge in [-0.05, 0) is 13.8 Å². The van der Waals surface area contributed by atoms with Gasteiger partial charge < -0.3 is 44.8 Å². The molecule has 0 bridgehead atoms. The number of nitrogens with two attached hydrogens (primary N) is 1. The zero-order valence-corrected chi connectivity index (χ0v) is 18.8. The Morgan fingerprint density at radius 1 is 1.07 bits per heavy atom. The van der Waals surface area contributed by atoms with E-state index in [0.29, 0.717) is 0 Å². The molecule has 0 saturated heterocycles. The topological polar surface area (TPSA) is 178 Å². The van der Waals surface area contributed by atoms with E-state index in [0.717, 1.165) is 6.42 Å². The van der Waals surface area contributed by atoms with E-state index >= 15 is 0 Å². The van der Waals surface area contributed by atoms with Gasteiger partial charge in [-0.3, -0.25) is 14.4 Å². The number of rotatable bonds is 2. The quantitative estimate of drug-likeness (QED) is 0.152. The second kappa shape index (κ2) is 83.6. The molecule has 0 amide bonds. The number of carboxylic acid groups (broad SMARTS) is 3. The number of ketones is 1. The van der Waals surface area contributed by atoms with E-state index in [2.05, 4.69) is 20.4 Å². The Morgan fingerprint density at radius 3 is 1.15 bits per heavy atom. The summed E-state index contributed by atoms with van der Waals surface area (Å²) >= 11 is 0. The van der Waals surface area contributed by atoms with E-state index in [1.807, 2.05) is 6.92 Å². The molecule has 0 unspecified atom stereocenters. The van der Waals surface area contributed by atoms with E-state index in [9.17, 15) is 14.7 Å². The van der Waals surface area contributed by atoms with Crippen LogP contribution in [0.5, 0.6) is 0 Å². The number of Topliss-reactive ketones (excluding diaryl/α,β-unsaturated/α-hetero) is 1. The van der Waals surface area contributed by atoms with Crippen molar-refractivity contribution < 1.29 is 108 Å². The van der Waals surface area contributed by atoms with Crippen molar-refractivity contribution in [3.05, 3.63) is 26.2 Å². The molecule has 0 saturated carbocycles. The first-order chi connectivity index (χ1) is 10.5. The summed E-state index contributed by atoms with van der Waals surface area (Å²) in [6, 6.07) is 0. The van der Waals surface area contributed by atoms with Crippen LogP contribution in [0.25, 0.3) is 0 Å².